The van der Waals surface area contributed by atoms with E-state index in [0.717, 1.165) is 6.20 Å². The van der Waals surface area contributed by atoms with Crippen molar-refractivity contribution in [3.05, 3.63) is 12.8 Å². The summed E-state index contributed by atoms with van der Waals surface area (Å²) in [5.74, 6) is -4.69. The van der Waals surface area contributed by atoms with Gasteiger partial charge in [-0.05, 0) is 6.20 Å². The van der Waals surface area contributed by atoms with Crippen molar-refractivity contribution in [2.75, 3.05) is 6.54 Å². The van der Waals surface area contributed by atoms with E-state index >= 15 is 0 Å². The van der Waals surface area contributed by atoms with Crippen LogP contribution in [-0.4, -0.2) is 18.6 Å². The van der Waals surface area contributed by atoms with Crippen molar-refractivity contribution < 1.29 is 22.0 Å². The quantitative estimate of drug-likeness (QED) is 0.646. The van der Waals surface area contributed by atoms with Gasteiger partial charge in [0.25, 0.3) is 0 Å². The summed E-state index contributed by atoms with van der Waals surface area (Å²) in [7, 11) is 0. The molecule has 0 spiro atoms. The van der Waals surface area contributed by atoms with Crippen molar-refractivity contribution in [2.45, 2.75) is 12.1 Å². The molecule has 1 nitrogen and oxygen atoms in total. The highest BCUT2D eigenvalue weighted by molar-refractivity contribution is 4.80. The summed E-state index contributed by atoms with van der Waals surface area (Å²) in [5, 5.41) is 1.69. The Bertz CT molecular complexity index is 138. The van der Waals surface area contributed by atoms with Crippen molar-refractivity contribution in [3.63, 3.8) is 0 Å². The molecule has 0 aliphatic carbocycles. The molecule has 0 radical (unpaired) electrons. The van der Waals surface area contributed by atoms with Gasteiger partial charge in [0, 0.05) is 0 Å². The molecule has 0 heterocycles. The average Bonchev–Trinajstić information content (AvgIpc) is 1.81. The zero-order valence-corrected chi connectivity index (χ0v) is 5.38. The lowest BCUT2D eigenvalue weighted by Gasteiger charge is -2.18. The summed E-state index contributed by atoms with van der Waals surface area (Å²) in [5.41, 5.74) is 0. The fourth-order valence-corrected chi connectivity index (χ4v) is 0.301. The molecule has 1 N–H and O–H groups in total. The molecule has 0 aromatic carbocycles. The Balaban J connectivity index is 4.10. The van der Waals surface area contributed by atoms with Crippen molar-refractivity contribution in [1.82, 2.24) is 5.32 Å². The number of alkyl halides is 5. The average molecular weight is 175 g/mol. The van der Waals surface area contributed by atoms with E-state index in [0.29, 0.717) is 0 Å². The Morgan fingerprint density at radius 2 is 1.64 bits per heavy atom. The highest BCUT2D eigenvalue weighted by Crippen LogP contribution is 2.34. The van der Waals surface area contributed by atoms with Crippen LogP contribution in [0.3, 0.4) is 0 Å². The van der Waals surface area contributed by atoms with E-state index < -0.39 is 18.6 Å². The van der Waals surface area contributed by atoms with Crippen LogP contribution in [0.2, 0.25) is 0 Å². The van der Waals surface area contributed by atoms with Gasteiger partial charge in [-0.1, -0.05) is 6.58 Å². The van der Waals surface area contributed by atoms with E-state index in [4.69, 9.17) is 0 Å². The SMILES string of the molecule is C=CNCC(F)(F)C(F)(F)F. The van der Waals surface area contributed by atoms with Crippen molar-refractivity contribution >= 4 is 0 Å². The standard InChI is InChI=1S/C5H6F5N/c1-2-11-3-4(6,7)5(8,9)10/h2,11H,1,3H2. The minimum absolute atomic E-state index is 0.777. The molecule has 11 heavy (non-hydrogen) atoms. The van der Waals surface area contributed by atoms with E-state index in [1.54, 1.807) is 5.32 Å². The maximum absolute atomic E-state index is 11.9. The highest BCUT2D eigenvalue weighted by atomic mass is 19.4. The number of nitrogens with one attached hydrogen (secondary N) is 1. The fourth-order valence-electron chi connectivity index (χ4n) is 0.301. The van der Waals surface area contributed by atoms with Crippen molar-refractivity contribution in [3.8, 4) is 0 Å². The topological polar surface area (TPSA) is 12.0 Å². The van der Waals surface area contributed by atoms with Gasteiger partial charge in [0.15, 0.2) is 0 Å². The molecule has 0 aromatic heterocycles. The van der Waals surface area contributed by atoms with Crippen molar-refractivity contribution in [1.29, 1.82) is 0 Å². The zero-order valence-electron chi connectivity index (χ0n) is 5.38. The summed E-state index contributed by atoms with van der Waals surface area (Å²) < 4.78 is 57.8. The van der Waals surface area contributed by atoms with Gasteiger partial charge in [-0.3, -0.25) is 0 Å². The van der Waals surface area contributed by atoms with E-state index in [1.807, 2.05) is 0 Å². The Morgan fingerprint density at radius 1 is 1.18 bits per heavy atom. The monoisotopic (exact) mass is 175 g/mol. The molecule has 0 fully saturated rings. The highest BCUT2D eigenvalue weighted by Gasteiger charge is 2.56. The zero-order chi connectivity index (χ0) is 9.12. The number of hydrogen-bond acceptors (Lipinski definition) is 1. The van der Waals surface area contributed by atoms with Gasteiger partial charge in [-0.15, -0.1) is 0 Å². The Morgan fingerprint density at radius 3 is 1.91 bits per heavy atom. The van der Waals surface area contributed by atoms with Gasteiger partial charge in [0.05, 0.1) is 6.54 Å². The van der Waals surface area contributed by atoms with Crippen LogP contribution in [-0.2, 0) is 0 Å². The lowest BCUT2D eigenvalue weighted by Crippen LogP contribution is -2.43. The van der Waals surface area contributed by atoms with Gasteiger partial charge < -0.3 is 5.32 Å². The molecule has 0 unspecified atom stereocenters. The second-order valence-corrected chi connectivity index (χ2v) is 1.79. The molecule has 6 heteroatoms. The first-order valence-corrected chi connectivity index (χ1v) is 2.60. The third kappa shape index (κ3) is 2.73. The van der Waals surface area contributed by atoms with Crippen molar-refractivity contribution in [2.24, 2.45) is 0 Å². The summed E-state index contributed by atoms with van der Waals surface area (Å²) in [6.07, 6.45) is -4.72. The summed E-state index contributed by atoms with van der Waals surface area (Å²) in [6.45, 7) is 1.46. The predicted octanol–water partition coefficient (Wildman–Crippen LogP) is 1.92. The molecule has 0 atom stereocenters. The van der Waals surface area contributed by atoms with Gasteiger partial charge in [0.2, 0.25) is 0 Å². The van der Waals surface area contributed by atoms with Gasteiger partial charge in [0.1, 0.15) is 0 Å². The molecule has 0 bridgehead atoms. The third-order valence-electron chi connectivity index (χ3n) is 0.883. The second kappa shape index (κ2) is 3.06. The lowest BCUT2D eigenvalue weighted by atomic mass is 10.3. The van der Waals surface area contributed by atoms with E-state index in [2.05, 4.69) is 6.58 Å². The first kappa shape index (κ1) is 10.2. The van der Waals surface area contributed by atoms with Crippen LogP contribution in [0.15, 0.2) is 12.8 Å². The molecular weight excluding hydrogens is 169 g/mol. The van der Waals surface area contributed by atoms with Crippen LogP contribution >= 0.6 is 0 Å². The molecule has 0 aliphatic heterocycles. The summed E-state index contributed by atoms with van der Waals surface area (Å²) in [4.78, 5) is 0. The number of hydrogen-bond donors (Lipinski definition) is 1. The van der Waals surface area contributed by atoms with Crippen LogP contribution in [0.5, 0.6) is 0 Å². The summed E-state index contributed by atoms with van der Waals surface area (Å²) in [6, 6.07) is 0. The van der Waals surface area contributed by atoms with Gasteiger partial charge in [-0.25, -0.2) is 0 Å². The van der Waals surface area contributed by atoms with Crippen LogP contribution in [0, 0.1) is 0 Å². The molecule has 66 valence electrons. The molecular formula is C5H6F5N. The minimum Gasteiger partial charge on any atom is -0.385 e. The Hall–Kier alpha value is -0.810. The number of halogens is 5. The predicted molar refractivity (Wildman–Crippen MR) is 29.2 cm³/mol. The second-order valence-electron chi connectivity index (χ2n) is 1.79. The van der Waals surface area contributed by atoms with E-state index in [1.165, 1.54) is 0 Å². The largest absolute Gasteiger partial charge is 0.455 e. The normalized spacial score (nSPS) is 12.8. The smallest absolute Gasteiger partial charge is 0.385 e. The summed E-state index contributed by atoms with van der Waals surface area (Å²) >= 11 is 0. The first-order chi connectivity index (χ1) is 4.81. The molecule has 0 rings (SSSR count). The van der Waals surface area contributed by atoms with E-state index in [-0.39, 0.29) is 0 Å². The maximum atomic E-state index is 11.9. The van der Waals surface area contributed by atoms with Crippen LogP contribution in [0.4, 0.5) is 22.0 Å². The number of rotatable bonds is 3. The van der Waals surface area contributed by atoms with Gasteiger partial charge in [-0.2, -0.15) is 22.0 Å². The molecule has 0 aliphatic rings. The third-order valence-corrected chi connectivity index (χ3v) is 0.883. The molecule has 0 aromatic rings. The molecule has 0 saturated heterocycles. The van der Waals surface area contributed by atoms with Crippen LogP contribution in [0.25, 0.3) is 0 Å². The van der Waals surface area contributed by atoms with Gasteiger partial charge >= 0.3 is 12.1 Å². The Kier molecular flexibility index (Phi) is 2.84. The Labute approximate surface area is 59.9 Å². The van der Waals surface area contributed by atoms with Crippen LogP contribution < -0.4 is 5.32 Å². The molecule has 0 amide bonds. The maximum Gasteiger partial charge on any atom is 0.455 e. The first-order valence-electron chi connectivity index (χ1n) is 2.60. The van der Waals surface area contributed by atoms with E-state index in [9.17, 15) is 22.0 Å². The lowest BCUT2D eigenvalue weighted by molar-refractivity contribution is -0.278. The minimum atomic E-state index is -5.50. The van der Waals surface area contributed by atoms with Crippen LogP contribution in [0.1, 0.15) is 0 Å². The fraction of sp³-hybridized carbons (Fsp3) is 0.600. The molecule has 0 saturated carbocycles.